The lowest BCUT2D eigenvalue weighted by atomic mass is 9.99. The summed E-state index contributed by atoms with van der Waals surface area (Å²) < 4.78 is 0. The van der Waals surface area contributed by atoms with E-state index >= 15 is 0 Å². The number of hydrogen-bond acceptors (Lipinski definition) is 4. The summed E-state index contributed by atoms with van der Waals surface area (Å²) in [5, 5.41) is 30.2. The minimum atomic E-state index is -0.153. The minimum Gasteiger partial charge on any atom is -0.504 e. The number of guanidine groups is 1. The molecule has 1 aliphatic rings. The zero-order chi connectivity index (χ0) is 11.7. The number of rotatable bonds is 0. The number of phenols is 2. The molecule has 1 heterocycles. The molecule has 6 heteroatoms. The first-order chi connectivity index (χ1) is 7.61. The first-order valence-electron chi connectivity index (χ1n) is 4.88. The maximum atomic E-state index is 9.38. The monoisotopic (exact) mass is 223 g/mol. The zero-order valence-electron chi connectivity index (χ0n) is 8.59. The average molecular weight is 223 g/mol. The molecule has 0 unspecified atom stereocenters. The lowest BCUT2D eigenvalue weighted by Gasteiger charge is -2.29. The van der Waals surface area contributed by atoms with E-state index in [1.54, 1.807) is 11.0 Å². The number of aromatic hydroxyl groups is 2. The average Bonchev–Trinajstić information content (AvgIpc) is 2.29. The molecule has 0 saturated heterocycles. The summed E-state index contributed by atoms with van der Waals surface area (Å²) >= 11 is 0. The molecular weight excluding hydrogens is 210 g/mol. The Morgan fingerprint density at radius 2 is 1.88 bits per heavy atom. The number of hydrogen-bond donors (Lipinski definition) is 4. The summed E-state index contributed by atoms with van der Waals surface area (Å²) in [5.41, 5.74) is 7.33. The van der Waals surface area contributed by atoms with Gasteiger partial charge >= 0.3 is 0 Å². The van der Waals surface area contributed by atoms with Crippen LogP contribution < -0.4 is 5.73 Å². The molecule has 0 atom stereocenters. The van der Waals surface area contributed by atoms with Gasteiger partial charge in [-0.25, -0.2) is 0 Å². The van der Waals surface area contributed by atoms with E-state index in [-0.39, 0.29) is 17.5 Å². The molecule has 0 bridgehead atoms. The maximum Gasteiger partial charge on any atom is 0.233 e. The number of fused-ring (bicyclic) bond motifs is 1. The summed E-state index contributed by atoms with van der Waals surface area (Å²) in [7, 11) is 0. The van der Waals surface area contributed by atoms with E-state index in [1.807, 2.05) is 0 Å². The molecule has 6 nitrogen and oxygen atoms in total. The van der Waals surface area contributed by atoms with Gasteiger partial charge in [-0.1, -0.05) is 5.16 Å². The lowest BCUT2D eigenvalue weighted by Crippen LogP contribution is -2.40. The smallest absolute Gasteiger partial charge is 0.233 e. The SMILES string of the molecule is N/C(=N\O)N1CCc2cc(O)c(O)cc2C1. The Morgan fingerprint density at radius 3 is 2.50 bits per heavy atom. The molecular formula is C10H13N3O3. The highest BCUT2D eigenvalue weighted by atomic mass is 16.4. The summed E-state index contributed by atoms with van der Waals surface area (Å²) in [5.74, 6) is -0.214. The molecule has 1 aliphatic heterocycles. The van der Waals surface area contributed by atoms with Crippen LogP contribution in [0.15, 0.2) is 17.3 Å². The Kier molecular flexibility index (Phi) is 2.47. The first kappa shape index (κ1) is 10.4. The topological polar surface area (TPSA) is 102 Å². The van der Waals surface area contributed by atoms with Gasteiger partial charge in [-0.05, 0) is 29.7 Å². The van der Waals surface area contributed by atoms with Crippen molar-refractivity contribution in [2.45, 2.75) is 13.0 Å². The lowest BCUT2D eigenvalue weighted by molar-refractivity contribution is 0.292. The van der Waals surface area contributed by atoms with Gasteiger partial charge in [0.2, 0.25) is 5.96 Å². The van der Waals surface area contributed by atoms with E-state index in [2.05, 4.69) is 5.16 Å². The van der Waals surface area contributed by atoms with E-state index in [1.165, 1.54) is 6.07 Å². The third-order valence-corrected chi connectivity index (χ3v) is 2.74. The maximum absolute atomic E-state index is 9.38. The van der Waals surface area contributed by atoms with E-state index in [9.17, 15) is 10.2 Å². The van der Waals surface area contributed by atoms with E-state index in [0.29, 0.717) is 19.5 Å². The molecule has 0 aromatic heterocycles. The number of oxime groups is 1. The van der Waals surface area contributed by atoms with Crippen molar-refractivity contribution in [2.24, 2.45) is 10.9 Å². The van der Waals surface area contributed by atoms with Crippen molar-refractivity contribution in [3.63, 3.8) is 0 Å². The van der Waals surface area contributed by atoms with Crippen molar-refractivity contribution < 1.29 is 15.4 Å². The fourth-order valence-corrected chi connectivity index (χ4v) is 1.84. The van der Waals surface area contributed by atoms with Crippen molar-refractivity contribution in [1.29, 1.82) is 0 Å². The third-order valence-electron chi connectivity index (χ3n) is 2.74. The number of nitrogens with zero attached hydrogens (tertiary/aromatic N) is 2. The van der Waals surface area contributed by atoms with Crippen LogP contribution in [0.3, 0.4) is 0 Å². The van der Waals surface area contributed by atoms with Gasteiger partial charge in [0.25, 0.3) is 0 Å². The Balaban J connectivity index is 2.30. The van der Waals surface area contributed by atoms with E-state index in [4.69, 9.17) is 10.9 Å². The molecule has 0 fully saturated rings. The molecule has 5 N–H and O–H groups in total. The van der Waals surface area contributed by atoms with Crippen molar-refractivity contribution in [2.75, 3.05) is 6.54 Å². The van der Waals surface area contributed by atoms with Gasteiger partial charge < -0.3 is 26.1 Å². The van der Waals surface area contributed by atoms with Crippen LogP contribution in [0.2, 0.25) is 0 Å². The van der Waals surface area contributed by atoms with E-state index < -0.39 is 0 Å². The molecule has 2 rings (SSSR count). The van der Waals surface area contributed by atoms with Crippen LogP contribution in [-0.4, -0.2) is 32.8 Å². The van der Waals surface area contributed by atoms with Crippen LogP contribution in [0.4, 0.5) is 0 Å². The molecule has 0 aliphatic carbocycles. The molecule has 1 aromatic carbocycles. The highest BCUT2D eigenvalue weighted by Crippen LogP contribution is 2.31. The summed E-state index contributed by atoms with van der Waals surface area (Å²) in [4.78, 5) is 1.69. The molecule has 0 saturated carbocycles. The quantitative estimate of drug-likeness (QED) is 0.165. The standard InChI is InChI=1S/C10H13N3O3/c11-10(12-16)13-2-1-6-3-8(14)9(15)4-7(6)5-13/h3-4,14-16H,1-2,5H2,(H2,11,12). The van der Waals surface area contributed by atoms with Crippen molar-refractivity contribution in [3.8, 4) is 11.5 Å². The predicted molar refractivity (Wildman–Crippen MR) is 57.3 cm³/mol. The molecule has 0 radical (unpaired) electrons. The van der Waals surface area contributed by atoms with Crippen LogP contribution in [-0.2, 0) is 13.0 Å². The Labute approximate surface area is 92.2 Å². The highest BCUT2D eigenvalue weighted by molar-refractivity contribution is 5.77. The molecule has 0 amide bonds. The predicted octanol–water partition coefficient (Wildman–Crippen LogP) is 0.160. The normalized spacial score (nSPS) is 16.0. The van der Waals surface area contributed by atoms with Gasteiger partial charge in [0.15, 0.2) is 11.5 Å². The van der Waals surface area contributed by atoms with Gasteiger partial charge in [-0.3, -0.25) is 0 Å². The Hall–Kier alpha value is -2.11. The summed E-state index contributed by atoms with van der Waals surface area (Å²) in [6, 6.07) is 3.05. The second-order valence-electron chi connectivity index (χ2n) is 3.74. The summed E-state index contributed by atoms with van der Waals surface area (Å²) in [6.07, 6.45) is 0.680. The molecule has 16 heavy (non-hydrogen) atoms. The van der Waals surface area contributed by atoms with Crippen molar-refractivity contribution in [3.05, 3.63) is 23.3 Å². The number of nitrogens with two attached hydrogens (primary N) is 1. The van der Waals surface area contributed by atoms with Gasteiger partial charge in [0.1, 0.15) is 0 Å². The van der Waals surface area contributed by atoms with Crippen molar-refractivity contribution in [1.82, 2.24) is 4.90 Å². The largest absolute Gasteiger partial charge is 0.504 e. The fraction of sp³-hybridized carbons (Fsp3) is 0.300. The third kappa shape index (κ3) is 1.69. The van der Waals surface area contributed by atoms with Gasteiger partial charge in [0, 0.05) is 13.1 Å². The second-order valence-corrected chi connectivity index (χ2v) is 3.74. The fourth-order valence-electron chi connectivity index (χ4n) is 1.84. The second kappa shape index (κ2) is 3.80. The first-order valence-corrected chi connectivity index (χ1v) is 4.88. The molecule has 1 aromatic rings. The van der Waals surface area contributed by atoms with E-state index in [0.717, 1.165) is 11.1 Å². The Bertz CT molecular complexity index is 445. The van der Waals surface area contributed by atoms with Crippen molar-refractivity contribution >= 4 is 5.96 Å². The zero-order valence-corrected chi connectivity index (χ0v) is 8.59. The van der Waals surface area contributed by atoms with Gasteiger partial charge in [-0.2, -0.15) is 0 Å². The van der Waals surface area contributed by atoms with Gasteiger partial charge in [0.05, 0.1) is 0 Å². The number of phenolic OH excluding ortho intramolecular Hbond substituents is 2. The van der Waals surface area contributed by atoms with Gasteiger partial charge in [-0.15, -0.1) is 0 Å². The Morgan fingerprint density at radius 1 is 1.25 bits per heavy atom. The summed E-state index contributed by atoms with van der Waals surface area (Å²) in [6.45, 7) is 1.08. The van der Waals surface area contributed by atoms with Crippen LogP contribution in [0, 0.1) is 0 Å². The van der Waals surface area contributed by atoms with Crippen LogP contribution in [0.1, 0.15) is 11.1 Å². The van der Waals surface area contributed by atoms with Crippen LogP contribution in [0.25, 0.3) is 0 Å². The van der Waals surface area contributed by atoms with Crippen LogP contribution >= 0.6 is 0 Å². The van der Waals surface area contributed by atoms with Crippen LogP contribution in [0.5, 0.6) is 11.5 Å². The number of benzene rings is 1. The minimum absolute atomic E-state index is 0.0539. The molecule has 86 valence electrons. The molecule has 0 spiro atoms. The highest BCUT2D eigenvalue weighted by Gasteiger charge is 2.19.